The smallest absolute Gasteiger partial charge is 0.273 e. The normalized spacial score (nSPS) is 17.5. The average molecular weight is 308 g/mol. The lowest BCUT2D eigenvalue weighted by molar-refractivity contribution is 0.0636. The Morgan fingerprint density at radius 2 is 2.04 bits per heavy atom. The van der Waals surface area contributed by atoms with Gasteiger partial charge in [-0.05, 0) is 44.5 Å². The van der Waals surface area contributed by atoms with Crippen molar-refractivity contribution in [1.29, 1.82) is 0 Å². The summed E-state index contributed by atoms with van der Waals surface area (Å²) in [7, 11) is 0. The van der Waals surface area contributed by atoms with Crippen molar-refractivity contribution in [3.63, 3.8) is 0 Å². The highest BCUT2D eigenvalue weighted by Crippen LogP contribution is 2.28. The second-order valence-electron chi connectivity index (χ2n) is 6.28. The van der Waals surface area contributed by atoms with Gasteiger partial charge in [-0.2, -0.15) is 0 Å². The molecule has 23 heavy (non-hydrogen) atoms. The van der Waals surface area contributed by atoms with E-state index in [1.165, 1.54) is 5.69 Å². The lowest BCUT2D eigenvalue weighted by atomic mass is 10.1. The van der Waals surface area contributed by atoms with Crippen molar-refractivity contribution in [3.8, 4) is 0 Å². The summed E-state index contributed by atoms with van der Waals surface area (Å²) < 4.78 is 4.15. The molecule has 0 saturated carbocycles. The molecule has 3 aromatic rings. The Balaban J connectivity index is 1.78. The minimum Gasteiger partial charge on any atom is -0.348 e. The van der Waals surface area contributed by atoms with E-state index >= 15 is 0 Å². The summed E-state index contributed by atoms with van der Waals surface area (Å²) in [5.41, 5.74) is 4.59. The van der Waals surface area contributed by atoms with Crippen LogP contribution in [0, 0.1) is 13.8 Å². The Morgan fingerprint density at radius 1 is 1.22 bits per heavy atom. The van der Waals surface area contributed by atoms with Crippen molar-refractivity contribution in [3.05, 3.63) is 59.3 Å². The first kappa shape index (κ1) is 14.1. The van der Waals surface area contributed by atoms with E-state index in [0.29, 0.717) is 5.69 Å². The van der Waals surface area contributed by atoms with Crippen LogP contribution in [0.15, 0.2) is 36.7 Å². The van der Waals surface area contributed by atoms with Gasteiger partial charge in [0.15, 0.2) is 0 Å². The van der Waals surface area contributed by atoms with Gasteiger partial charge in [-0.15, -0.1) is 0 Å². The van der Waals surface area contributed by atoms with E-state index in [0.717, 1.165) is 30.0 Å². The quantitative estimate of drug-likeness (QED) is 0.693. The summed E-state index contributed by atoms with van der Waals surface area (Å²) in [6.07, 6.45) is 4.07. The number of aryl methyl sites for hydroxylation is 2. The number of imidazole rings is 1. The molecular formula is C18H20N4O. The van der Waals surface area contributed by atoms with E-state index in [1.807, 2.05) is 47.5 Å². The van der Waals surface area contributed by atoms with Gasteiger partial charge in [0.1, 0.15) is 11.3 Å². The van der Waals surface area contributed by atoms with Crippen LogP contribution in [0.4, 0.5) is 0 Å². The van der Waals surface area contributed by atoms with Crippen LogP contribution < -0.4 is 0 Å². The Labute approximate surface area is 135 Å². The first-order valence-corrected chi connectivity index (χ1v) is 7.97. The standard InChI is InChI=1S/C18H20N4O/c1-12-6-7-16-19-13(2)17(22(16)11-12)18(23)21-10-9-20-8-4-5-15(20)14(21)3/h4-8,11,14H,9-10H2,1-3H3/t14-/m0/s1. The number of fused-ring (bicyclic) bond motifs is 2. The molecule has 1 atom stereocenters. The number of nitrogens with zero attached hydrogens (tertiary/aromatic N) is 4. The van der Waals surface area contributed by atoms with Gasteiger partial charge in [0.05, 0.1) is 11.7 Å². The number of hydrogen-bond donors (Lipinski definition) is 0. The fourth-order valence-corrected chi connectivity index (χ4v) is 3.52. The molecule has 0 spiro atoms. The average Bonchev–Trinajstić information content (AvgIpc) is 3.11. The summed E-state index contributed by atoms with van der Waals surface area (Å²) in [6.45, 7) is 7.59. The van der Waals surface area contributed by atoms with Gasteiger partial charge >= 0.3 is 0 Å². The van der Waals surface area contributed by atoms with Crippen molar-refractivity contribution in [2.75, 3.05) is 6.54 Å². The van der Waals surface area contributed by atoms with E-state index in [9.17, 15) is 4.79 Å². The predicted molar refractivity (Wildman–Crippen MR) is 88.5 cm³/mol. The molecule has 5 heteroatoms. The molecule has 1 amide bonds. The van der Waals surface area contributed by atoms with E-state index in [-0.39, 0.29) is 11.9 Å². The van der Waals surface area contributed by atoms with Gasteiger partial charge in [0.2, 0.25) is 0 Å². The summed E-state index contributed by atoms with van der Waals surface area (Å²) in [4.78, 5) is 19.7. The van der Waals surface area contributed by atoms with Crippen LogP contribution in [-0.2, 0) is 6.54 Å². The Hall–Kier alpha value is -2.56. The molecule has 4 rings (SSSR count). The van der Waals surface area contributed by atoms with Crippen LogP contribution in [-0.4, -0.2) is 31.3 Å². The van der Waals surface area contributed by atoms with Crippen molar-refractivity contribution in [2.24, 2.45) is 0 Å². The molecule has 1 aliphatic heterocycles. The van der Waals surface area contributed by atoms with Crippen LogP contribution >= 0.6 is 0 Å². The van der Waals surface area contributed by atoms with E-state index < -0.39 is 0 Å². The zero-order valence-corrected chi connectivity index (χ0v) is 13.7. The number of hydrogen-bond acceptors (Lipinski definition) is 2. The topological polar surface area (TPSA) is 42.5 Å². The zero-order valence-electron chi connectivity index (χ0n) is 13.7. The predicted octanol–water partition coefficient (Wildman–Crippen LogP) is 2.97. The van der Waals surface area contributed by atoms with Crippen LogP contribution in [0.2, 0.25) is 0 Å². The number of amides is 1. The maximum absolute atomic E-state index is 13.2. The minimum atomic E-state index is 0.0561. The number of rotatable bonds is 1. The van der Waals surface area contributed by atoms with E-state index in [2.05, 4.69) is 28.7 Å². The van der Waals surface area contributed by atoms with Crippen LogP contribution in [0.1, 0.15) is 40.4 Å². The number of carbonyl (C=O) groups excluding carboxylic acids is 1. The molecule has 1 aliphatic rings. The zero-order chi connectivity index (χ0) is 16.1. The Bertz CT molecular complexity index is 905. The second-order valence-corrected chi connectivity index (χ2v) is 6.28. The lowest BCUT2D eigenvalue weighted by Gasteiger charge is -2.35. The Kier molecular flexibility index (Phi) is 3.04. The van der Waals surface area contributed by atoms with Gasteiger partial charge in [-0.1, -0.05) is 6.07 Å². The fraction of sp³-hybridized carbons (Fsp3) is 0.333. The fourth-order valence-electron chi connectivity index (χ4n) is 3.52. The molecule has 118 valence electrons. The first-order valence-electron chi connectivity index (χ1n) is 7.97. The van der Waals surface area contributed by atoms with Crippen molar-refractivity contribution < 1.29 is 4.79 Å². The molecule has 0 N–H and O–H groups in total. The lowest BCUT2D eigenvalue weighted by Crippen LogP contribution is -2.41. The molecule has 0 fully saturated rings. The third kappa shape index (κ3) is 2.07. The van der Waals surface area contributed by atoms with Gasteiger partial charge in [0, 0.05) is 31.2 Å². The Morgan fingerprint density at radius 3 is 2.87 bits per heavy atom. The van der Waals surface area contributed by atoms with Crippen molar-refractivity contribution in [1.82, 2.24) is 18.9 Å². The van der Waals surface area contributed by atoms with Crippen molar-refractivity contribution >= 4 is 11.6 Å². The maximum Gasteiger partial charge on any atom is 0.273 e. The molecule has 0 unspecified atom stereocenters. The highest BCUT2D eigenvalue weighted by atomic mass is 16.2. The van der Waals surface area contributed by atoms with Gasteiger partial charge in [0.25, 0.3) is 5.91 Å². The largest absolute Gasteiger partial charge is 0.348 e. The summed E-state index contributed by atoms with van der Waals surface area (Å²) in [6, 6.07) is 8.19. The molecule has 0 bridgehead atoms. The molecule has 0 aliphatic carbocycles. The molecule has 0 saturated heterocycles. The van der Waals surface area contributed by atoms with Crippen LogP contribution in [0.5, 0.6) is 0 Å². The maximum atomic E-state index is 13.2. The van der Waals surface area contributed by atoms with Gasteiger partial charge in [-0.25, -0.2) is 4.98 Å². The number of aromatic nitrogens is 3. The molecule has 0 aromatic carbocycles. The monoisotopic (exact) mass is 308 g/mol. The minimum absolute atomic E-state index is 0.0561. The highest BCUT2D eigenvalue weighted by Gasteiger charge is 2.30. The molecular weight excluding hydrogens is 288 g/mol. The molecule has 4 heterocycles. The van der Waals surface area contributed by atoms with Crippen LogP contribution in [0.3, 0.4) is 0 Å². The van der Waals surface area contributed by atoms with Gasteiger partial charge in [-0.3, -0.25) is 9.20 Å². The molecule has 3 aromatic heterocycles. The third-order valence-electron chi connectivity index (χ3n) is 4.75. The number of carbonyl (C=O) groups is 1. The second kappa shape index (κ2) is 4.98. The number of pyridine rings is 1. The summed E-state index contributed by atoms with van der Waals surface area (Å²) in [5, 5.41) is 0. The SMILES string of the molecule is Cc1ccc2nc(C)c(C(=O)N3CCn4cccc4[C@@H]3C)n2c1. The van der Waals surface area contributed by atoms with Crippen LogP contribution in [0.25, 0.3) is 5.65 Å². The van der Waals surface area contributed by atoms with Gasteiger partial charge < -0.3 is 9.47 Å². The third-order valence-corrected chi connectivity index (χ3v) is 4.75. The van der Waals surface area contributed by atoms with E-state index in [1.54, 1.807) is 0 Å². The van der Waals surface area contributed by atoms with E-state index in [4.69, 9.17) is 0 Å². The van der Waals surface area contributed by atoms with Crippen molar-refractivity contribution in [2.45, 2.75) is 33.4 Å². The highest BCUT2D eigenvalue weighted by molar-refractivity contribution is 5.95. The summed E-state index contributed by atoms with van der Waals surface area (Å²) >= 11 is 0. The summed E-state index contributed by atoms with van der Waals surface area (Å²) in [5.74, 6) is 0.0561. The first-order chi connectivity index (χ1) is 11.1. The molecule has 0 radical (unpaired) electrons. The molecule has 5 nitrogen and oxygen atoms in total.